The molecule has 0 aliphatic carbocycles. The Bertz CT molecular complexity index is 434. The van der Waals surface area contributed by atoms with Crippen LogP contribution in [-0.2, 0) is 6.54 Å². The van der Waals surface area contributed by atoms with Crippen molar-refractivity contribution in [1.82, 2.24) is 15.2 Å². The summed E-state index contributed by atoms with van der Waals surface area (Å²) < 4.78 is 5.67. The number of nitrogens with one attached hydrogen (secondary N) is 1. The van der Waals surface area contributed by atoms with Crippen LogP contribution >= 0.6 is 0 Å². The van der Waals surface area contributed by atoms with Gasteiger partial charge in [0, 0.05) is 38.9 Å². The molecule has 0 aromatic carbocycles. The Morgan fingerprint density at radius 1 is 1.38 bits per heavy atom. The van der Waals surface area contributed by atoms with Gasteiger partial charge in [-0.3, -0.25) is 4.99 Å². The summed E-state index contributed by atoms with van der Waals surface area (Å²) in [7, 11) is 3.87. The summed E-state index contributed by atoms with van der Waals surface area (Å²) in [4.78, 5) is 10.8. The molecule has 0 saturated heterocycles. The van der Waals surface area contributed by atoms with E-state index in [-0.39, 0.29) is 0 Å². The Morgan fingerprint density at radius 2 is 2.19 bits per heavy atom. The summed E-state index contributed by atoms with van der Waals surface area (Å²) in [5, 5.41) is 3.37. The maximum atomic E-state index is 5.67. The van der Waals surface area contributed by atoms with Crippen molar-refractivity contribution in [3.05, 3.63) is 23.9 Å². The van der Waals surface area contributed by atoms with Crippen LogP contribution in [0.4, 0.5) is 0 Å². The number of ether oxygens (including phenoxy) is 1. The second kappa shape index (κ2) is 10.0. The van der Waals surface area contributed by atoms with E-state index in [2.05, 4.69) is 41.1 Å². The van der Waals surface area contributed by atoms with Gasteiger partial charge in [-0.15, -0.1) is 0 Å². The zero-order valence-electron chi connectivity index (χ0n) is 13.7. The SMILES string of the molecule is CCCCN(C)C(=NC)NCc1cccnc1OCCC. The third-order valence-corrected chi connectivity index (χ3v) is 3.15. The summed E-state index contributed by atoms with van der Waals surface area (Å²) in [6.07, 6.45) is 5.08. The quantitative estimate of drug-likeness (QED) is 0.591. The third kappa shape index (κ3) is 6.02. The predicted molar refractivity (Wildman–Crippen MR) is 87.8 cm³/mol. The molecule has 21 heavy (non-hydrogen) atoms. The van der Waals surface area contributed by atoms with Gasteiger partial charge in [0.05, 0.1) is 6.61 Å². The average molecular weight is 292 g/mol. The van der Waals surface area contributed by atoms with Gasteiger partial charge in [-0.05, 0) is 18.9 Å². The monoisotopic (exact) mass is 292 g/mol. The van der Waals surface area contributed by atoms with Crippen molar-refractivity contribution in [2.24, 2.45) is 4.99 Å². The van der Waals surface area contributed by atoms with E-state index >= 15 is 0 Å². The molecular formula is C16H28N4O. The maximum Gasteiger partial charge on any atom is 0.218 e. The molecule has 0 amide bonds. The van der Waals surface area contributed by atoms with Crippen molar-refractivity contribution in [3.8, 4) is 5.88 Å². The largest absolute Gasteiger partial charge is 0.477 e. The van der Waals surface area contributed by atoms with E-state index in [1.165, 1.54) is 6.42 Å². The molecular weight excluding hydrogens is 264 g/mol. The van der Waals surface area contributed by atoms with E-state index in [1.807, 2.05) is 19.2 Å². The lowest BCUT2D eigenvalue weighted by Gasteiger charge is -2.22. The highest BCUT2D eigenvalue weighted by Crippen LogP contribution is 2.14. The van der Waals surface area contributed by atoms with Gasteiger partial charge in [0.2, 0.25) is 5.88 Å². The van der Waals surface area contributed by atoms with E-state index in [1.54, 1.807) is 6.20 Å². The number of hydrogen-bond acceptors (Lipinski definition) is 3. The van der Waals surface area contributed by atoms with Crippen LogP contribution in [0.3, 0.4) is 0 Å². The highest BCUT2D eigenvalue weighted by atomic mass is 16.5. The van der Waals surface area contributed by atoms with Crippen molar-refractivity contribution >= 4 is 5.96 Å². The van der Waals surface area contributed by atoms with Gasteiger partial charge in [0.15, 0.2) is 5.96 Å². The molecule has 5 heteroatoms. The van der Waals surface area contributed by atoms with Gasteiger partial charge in [-0.25, -0.2) is 4.98 Å². The smallest absolute Gasteiger partial charge is 0.218 e. The topological polar surface area (TPSA) is 49.8 Å². The predicted octanol–water partition coefficient (Wildman–Crippen LogP) is 2.68. The van der Waals surface area contributed by atoms with Crippen LogP contribution in [0, 0.1) is 0 Å². The molecule has 0 bridgehead atoms. The first-order valence-electron chi connectivity index (χ1n) is 7.71. The van der Waals surface area contributed by atoms with Crippen LogP contribution in [-0.4, -0.2) is 43.1 Å². The van der Waals surface area contributed by atoms with Gasteiger partial charge < -0.3 is 15.0 Å². The summed E-state index contributed by atoms with van der Waals surface area (Å²) in [6, 6.07) is 3.96. The zero-order chi connectivity index (χ0) is 15.5. The van der Waals surface area contributed by atoms with Crippen molar-refractivity contribution in [2.45, 2.75) is 39.7 Å². The molecule has 1 heterocycles. The molecule has 0 aliphatic rings. The van der Waals surface area contributed by atoms with Gasteiger partial charge in [0.25, 0.3) is 0 Å². The van der Waals surface area contributed by atoms with Gasteiger partial charge in [-0.2, -0.15) is 0 Å². The number of pyridine rings is 1. The standard InChI is InChI=1S/C16H28N4O/c1-5-7-11-20(4)16(17-3)19-13-14-9-8-10-18-15(14)21-12-6-2/h8-10H,5-7,11-13H2,1-4H3,(H,17,19). The Balaban J connectivity index is 2.60. The summed E-state index contributed by atoms with van der Waals surface area (Å²) >= 11 is 0. The van der Waals surface area contributed by atoms with E-state index < -0.39 is 0 Å². The molecule has 0 fully saturated rings. The first-order chi connectivity index (χ1) is 10.2. The van der Waals surface area contributed by atoms with Crippen LogP contribution in [0.5, 0.6) is 5.88 Å². The van der Waals surface area contributed by atoms with E-state index in [9.17, 15) is 0 Å². The van der Waals surface area contributed by atoms with Crippen molar-refractivity contribution in [2.75, 3.05) is 27.2 Å². The van der Waals surface area contributed by atoms with Crippen molar-refractivity contribution in [1.29, 1.82) is 0 Å². The lowest BCUT2D eigenvalue weighted by molar-refractivity contribution is 0.301. The number of guanidine groups is 1. The number of nitrogens with zero attached hydrogens (tertiary/aromatic N) is 3. The Morgan fingerprint density at radius 3 is 2.86 bits per heavy atom. The highest BCUT2D eigenvalue weighted by Gasteiger charge is 2.08. The van der Waals surface area contributed by atoms with Crippen LogP contribution in [0.2, 0.25) is 0 Å². The molecule has 0 radical (unpaired) electrons. The molecule has 0 spiro atoms. The number of rotatable bonds is 8. The Hall–Kier alpha value is -1.78. The summed E-state index contributed by atoms with van der Waals surface area (Å²) in [6.45, 7) is 6.63. The van der Waals surface area contributed by atoms with E-state index in [0.29, 0.717) is 19.0 Å². The normalized spacial score (nSPS) is 11.3. The second-order valence-electron chi connectivity index (χ2n) is 4.99. The Kier molecular flexibility index (Phi) is 8.24. The lowest BCUT2D eigenvalue weighted by Crippen LogP contribution is -2.39. The van der Waals surface area contributed by atoms with Gasteiger partial charge in [0.1, 0.15) is 0 Å². The molecule has 1 N–H and O–H groups in total. The first kappa shape index (κ1) is 17.3. The summed E-state index contributed by atoms with van der Waals surface area (Å²) in [5.41, 5.74) is 1.05. The van der Waals surface area contributed by atoms with E-state index in [4.69, 9.17) is 4.74 Å². The van der Waals surface area contributed by atoms with Gasteiger partial charge in [-0.1, -0.05) is 26.3 Å². The minimum absolute atomic E-state index is 0.663. The van der Waals surface area contributed by atoms with Crippen LogP contribution in [0.25, 0.3) is 0 Å². The fourth-order valence-corrected chi connectivity index (χ4v) is 1.95. The van der Waals surface area contributed by atoms with Gasteiger partial charge >= 0.3 is 0 Å². The molecule has 1 aromatic heterocycles. The minimum Gasteiger partial charge on any atom is -0.477 e. The number of aliphatic imine (C=N–C) groups is 1. The van der Waals surface area contributed by atoms with Crippen LogP contribution in [0.15, 0.2) is 23.3 Å². The zero-order valence-corrected chi connectivity index (χ0v) is 13.7. The Labute approximate surface area is 128 Å². The molecule has 1 rings (SSSR count). The lowest BCUT2D eigenvalue weighted by atomic mass is 10.2. The molecule has 0 atom stereocenters. The molecule has 5 nitrogen and oxygen atoms in total. The molecule has 1 aromatic rings. The minimum atomic E-state index is 0.663. The molecule has 118 valence electrons. The fraction of sp³-hybridized carbons (Fsp3) is 0.625. The van der Waals surface area contributed by atoms with E-state index in [0.717, 1.165) is 30.9 Å². The van der Waals surface area contributed by atoms with Crippen LogP contribution in [0.1, 0.15) is 38.7 Å². The molecule has 0 saturated carbocycles. The molecule has 0 unspecified atom stereocenters. The second-order valence-corrected chi connectivity index (χ2v) is 4.99. The van der Waals surface area contributed by atoms with Crippen molar-refractivity contribution in [3.63, 3.8) is 0 Å². The average Bonchev–Trinajstić information content (AvgIpc) is 2.52. The number of unbranched alkanes of at least 4 members (excludes halogenated alkanes) is 1. The maximum absolute atomic E-state index is 5.67. The first-order valence-corrected chi connectivity index (χ1v) is 7.71. The molecule has 0 aliphatic heterocycles. The summed E-state index contributed by atoms with van der Waals surface area (Å²) in [5.74, 6) is 1.60. The number of hydrogen-bond donors (Lipinski definition) is 1. The van der Waals surface area contributed by atoms with Crippen LogP contribution < -0.4 is 10.1 Å². The van der Waals surface area contributed by atoms with Crippen molar-refractivity contribution < 1.29 is 4.74 Å². The highest BCUT2D eigenvalue weighted by molar-refractivity contribution is 5.79. The number of aromatic nitrogens is 1. The fourth-order valence-electron chi connectivity index (χ4n) is 1.95. The third-order valence-electron chi connectivity index (χ3n) is 3.15.